The minimum absolute atomic E-state index is 0.0622. The zero-order chi connectivity index (χ0) is 26.1. The van der Waals surface area contributed by atoms with E-state index in [-0.39, 0.29) is 31.0 Å². The number of esters is 1. The molecule has 5 heteroatoms. The van der Waals surface area contributed by atoms with Crippen LogP contribution < -0.4 is 4.74 Å². The molecule has 0 aliphatic rings. The number of hydrogen-bond acceptors (Lipinski definition) is 4. The molecule has 0 saturated carbocycles. The van der Waals surface area contributed by atoms with Crippen molar-refractivity contribution in [2.75, 3.05) is 13.2 Å². The van der Waals surface area contributed by atoms with E-state index in [2.05, 4.69) is 61.7 Å². The van der Waals surface area contributed by atoms with Crippen LogP contribution in [0.4, 0.5) is 0 Å². The van der Waals surface area contributed by atoms with Crippen molar-refractivity contribution in [3.8, 4) is 17.0 Å². The number of nitrogens with zero attached hydrogens (tertiary/aromatic N) is 1. The van der Waals surface area contributed by atoms with Gasteiger partial charge in [-0.25, -0.2) is 0 Å². The maximum Gasteiger partial charge on any atom is 0.309 e. The van der Waals surface area contributed by atoms with Gasteiger partial charge in [0.2, 0.25) is 0 Å². The topological polar surface area (TPSA) is 60.7 Å². The summed E-state index contributed by atoms with van der Waals surface area (Å²) in [5.74, 6) is 0.905. The van der Waals surface area contributed by atoms with Gasteiger partial charge in [-0.05, 0) is 48.9 Å². The van der Waals surface area contributed by atoms with Gasteiger partial charge in [0.1, 0.15) is 25.1 Å². The second-order valence-electron chi connectivity index (χ2n) is 10.5. The molecule has 0 spiro atoms. The van der Waals surface area contributed by atoms with Crippen LogP contribution in [-0.2, 0) is 16.1 Å². The number of rotatable bonds is 14. The Bertz CT molecular complexity index is 1100. The van der Waals surface area contributed by atoms with Gasteiger partial charge in [-0.3, -0.25) is 4.79 Å². The van der Waals surface area contributed by atoms with E-state index >= 15 is 0 Å². The van der Waals surface area contributed by atoms with Gasteiger partial charge in [0.15, 0.2) is 0 Å². The molecular weight excluding hydrogens is 450 g/mol. The molecule has 2 unspecified atom stereocenters. The monoisotopic (exact) mass is 493 g/mol. The van der Waals surface area contributed by atoms with Crippen LogP contribution >= 0.6 is 0 Å². The summed E-state index contributed by atoms with van der Waals surface area (Å²) < 4.78 is 13.7. The van der Waals surface area contributed by atoms with E-state index in [9.17, 15) is 9.90 Å². The molecule has 0 radical (unpaired) electrons. The van der Waals surface area contributed by atoms with Gasteiger partial charge in [-0.15, -0.1) is 0 Å². The van der Waals surface area contributed by atoms with E-state index in [4.69, 9.17) is 9.47 Å². The summed E-state index contributed by atoms with van der Waals surface area (Å²) in [7, 11) is 0. The molecule has 0 bridgehead atoms. The lowest BCUT2D eigenvalue weighted by Gasteiger charge is -2.22. The molecule has 196 valence electrons. The predicted octanol–water partition coefficient (Wildman–Crippen LogP) is 7.10. The number of carbonyl (C=O) groups is 1. The second kappa shape index (κ2) is 13.5. The highest BCUT2D eigenvalue weighted by molar-refractivity contribution is 5.87. The molecule has 1 heterocycles. The minimum atomic E-state index is -0.884. The van der Waals surface area contributed by atoms with Crippen LogP contribution in [-0.4, -0.2) is 35.0 Å². The summed E-state index contributed by atoms with van der Waals surface area (Å²) in [5.41, 5.74) is 3.48. The third kappa shape index (κ3) is 7.60. The first-order chi connectivity index (χ1) is 17.3. The zero-order valence-electron chi connectivity index (χ0n) is 22.6. The number of aliphatic hydroxyl groups is 1. The van der Waals surface area contributed by atoms with Crippen molar-refractivity contribution >= 4 is 16.9 Å². The number of carbonyl (C=O) groups excluding carboxylic acids is 1. The predicted molar refractivity (Wildman–Crippen MR) is 147 cm³/mol. The molecule has 0 aliphatic carbocycles. The smallest absolute Gasteiger partial charge is 0.309 e. The molecule has 2 aromatic carbocycles. The molecule has 2 atom stereocenters. The average Bonchev–Trinajstić information content (AvgIpc) is 3.23. The first-order valence-electron chi connectivity index (χ1n) is 13.5. The molecule has 36 heavy (non-hydrogen) atoms. The van der Waals surface area contributed by atoms with Crippen molar-refractivity contribution in [3.05, 3.63) is 54.6 Å². The SMILES string of the molecule is CCCCCn1c(-c2cccc(OCC(O)COC(=O)C(CC(C)C)C(C)C)c2)cc2ccccc21. The van der Waals surface area contributed by atoms with Crippen molar-refractivity contribution in [1.82, 2.24) is 4.57 Å². The number of benzene rings is 2. The van der Waals surface area contributed by atoms with Crippen LogP contribution in [0.15, 0.2) is 54.6 Å². The lowest BCUT2D eigenvalue weighted by atomic mass is 9.88. The molecule has 1 aromatic heterocycles. The number of para-hydroxylation sites is 1. The van der Waals surface area contributed by atoms with Crippen molar-refractivity contribution in [2.24, 2.45) is 17.8 Å². The van der Waals surface area contributed by atoms with Gasteiger partial charge in [0.25, 0.3) is 0 Å². The van der Waals surface area contributed by atoms with E-state index in [1.807, 2.05) is 32.0 Å². The molecule has 3 aromatic rings. The summed E-state index contributed by atoms with van der Waals surface area (Å²) in [6.45, 7) is 11.5. The van der Waals surface area contributed by atoms with Gasteiger partial charge in [0, 0.05) is 28.7 Å². The van der Waals surface area contributed by atoms with Crippen LogP contribution in [0.1, 0.15) is 60.3 Å². The summed E-state index contributed by atoms with van der Waals surface area (Å²) in [4.78, 5) is 12.5. The molecule has 0 fully saturated rings. The second-order valence-corrected chi connectivity index (χ2v) is 10.5. The summed E-state index contributed by atoms with van der Waals surface area (Å²) in [6, 6.07) is 18.7. The summed E-state index contributed by atoms with van der Waals surface area (Å²) in [5, 5.41) is 11.6. The van der Waals surface area contributed by atoms with E-state index in [1.54, 1.807) is 0 Å². The van der Waals surface area contributed by atoms with Crippen LogP contribution in [0.25, 0.3) is 22.2 Å². The molecule has 5 nitrogen and oxygen atoms in total. The van der Waals surface area contributed by atoms with Gasteiger partial charge in [-0.2, -0.15) is 0 Å². The largest absolute Gasteiger partial charge is 0.491 e. The van der Waals surface area contributed by atoms with Gasteiger partial charge in [0.05, 0.1) is 5.92 Å². The van der Waals surface area contributed by atoms with Crippen molar-refractivity contribution in [3.63, 3.8) is 0 Å². The number of aromatic nitrogens is 1. The Morgan fingerprint density at radius 1 is 0.972 bits per heavy atom. The van der Waals surface area contributed by atoms with E-state index in [0.29, 0.717) is 11.7 Å². The first kappa shape index (κ1) is 27.8. The number of fused-ring (bicyclic) bond motifs is 1. The van der Waals surface area contributed by atoms with E-state index in [0.717, 1.165) is 30.6 Å². The minimum Gasteiger partial charge on any atom is -0.491 e. The standard InChI is InChI=1S/C31H43NO4/c1-6-7-10-16-32-29-15-9-8-12-25(29)19-30(32)24-13-11-14-27(18-24)35-20-26(33)21-36-31(34)28(23(4)5)17-22(2)3/h8-9,11-15,18-19,22-23,26,28,33H,6-7,10,16-17,20-21H2,1-5H3. The zero-order valence-corrected chi connectivity index (χ0v) is 22.6. The molecule has 3 rings (SSSR count). The number of aryl methyl sites for hydroxylation is 1. The summed E-state index contributed by atoms with van der Waals surface area (Å²) >= 11 is 0. The highest BCUT2D eigenvalue weighted by Crippen LogP contribution is 2.31. The quantitative estimate of drug-likeness (QED) is 0.192. The Labute approximate surface area is 216 Å². The van der Waals surface area contributed by atoms with Gasteiger partial charge < -0.3 is 19.1 Å². The van der Waals surface area contributed by atoms with E-state index < -0.39 is 6.10 Å². The Hall–Kier alpha value is -2.79. The fraction of sp³-hybridized carbons (Fsp3) is 0.516. The Kier molecular flexibility index (Phi) is 10.4. The number of aliphatic hydroxyl groups excluding tert-OH is 1. The third-order valence-electron chi connectivity index (χ3n) is 6.62. The van der Waals surface area contributed by atoms with Crippen LogP contribution in [0.5, 0.6) is 5.75 Å². The fourth-order valence-electron chi connectivity index (χ4n) is 4.63. The maximum absolute atomic E-state index is 12.5. The van der Waals surface area contributed by atoms with E-state index in [1.165, 1.54) is 23.7 Å². The molecule has 0 saturated heterocycles. The highest BCUT2D eigenvalue weighted by Gasteiger charge is 2.25. The van der Waals surface area contributed by atoms with Crippen molar-refractivity contribution < 1.29 is 19.4 Å². The number of hydrogen-bond donors (Lipinski definition) is 1. The van der Waals surface area contributed by atoms with Gasteiger partial charge in [-0.1, -0.05) is 77.8 Å². The average molecular weight is 494 g/mol. The van der Waals surface area contributed by atoms with Crippen LogP contribution in [0.3, 0.4) is 0 Å². The van der Waals surface area contributed by atoms with Gasteiger partial charge >= 0.3 is 5.97 Å². The first-order valence-corrected chi connectivity index (χ1v) is 13.5. The van der Waals surface area contributed by atoms with Crippen LogP contribution in [0, 0.1) is 17.8 Å². The van der Waals surface area contributed by atoms with Crippen molar-refractivity contribution in [1.29, 1.82) is 0 Å². The normalized spacial score (nSPS) is 13.3. The van der Waals surface area contributed by atoms with Crippen molar-refractivity contribution in [2.45, 2.75) is 73.0 Å². The molecular formula is C31H43NO4. The third-order valence-corrected chi connectivity index (χ3v) is 6.62. The Morgan fingerprint density at radius 3 is 2.47 bits per heavy atom. The fourth-order valence-corrected chi connectivity index (χ4v) is 4.63. The number of unbranched alkanes of at least 4 members (excludes halogenated alkanes) is 2. The Balaban J connectivity index is 1.64. The maximum atomic E-state index is 12.5. The van der Waals surface area contributed by atoms with Crippen LogP contribution in [0.2, 0.25) is 0 Å². The summed E-state index contributed by atoms with van der Waals surface area (Å²) in [6.07, 6.45) is 3.42. The highest BCUT2D eigenvalue weighted by atomic mass is 16.5. The molecule has 0 aliphatic heterocycles. The Morgan fingerprint density at radius 2 is 1.75 bits per heavy atom. The molecule has 0 amide bonds. The lowest BCUT2D eigenvalue weighted by Crippen LogP contribution is -2.30. The molecule has 1 N–H and O–H groups in total. The lowest BCUT2D eigenvalue weighted by molar-refractivity contribution is -0.154. The number of ether oxygens (including phenoxy) is 2.